The summed E-state index contributed by atoms with van der Waals surface area (Å²) in [4.78, 5) is 11.5. The number of anilines is 2. The highest BCUT2D eigenvalue weighted by Crippen LogP contribution is 2.16. The summed E-state index contributed by atoms with van der Waals surface area (Å²) in [6.07, 6.45) is 1.58. The van der Waals surface area contributed by atoms with Crippen molar-refractivity contribution < 1.29 is 13.2 Å². The van der Waals surface area contributed by atoms with Crippen LogP contribution < -0.4 is 15.4 Å². The standard InChI is InChI=1S/C18H25N5O3S/c1-2-15-13-17(22-18(21-15)23-9-11-26-12-10-23)20-8-7-14-3-5-16(6-4-14)27(19,24)25/h3-6,13H,2,7-12H2,1H3,(H2,19,24,25)(H,20,21,22). The molecule has 0 atom stereocenters. The average Bonchev–Trinajstić information content (AvgIpc) is 2.68. The first kappa shape index (κ1) is 19.5. The van der Waals surface area contributed by atoms with Crippen molar-refractivity contribution in [2.24, 2.45) is 5.14 Å². The molecule has 2 aromatic rings. The summed E-state index contributed by atoms with van der Waals surface area (Å²) in [5.41, 5.74) is 2.01. The van der Waals surface area contributed by atoms with Gasteiger partial charge in [0.05, 0.1) is 18.1 Å². The van der Waals surface area contributed by atoms with E-state index in [9.17, 15) is 8.42 Å². The number of nitrogens with one attached hydrogen (secondary N) is 1. The normalized spacial score (nSPS) is 15.0. The molecule has 1 aliphatic heterocycles. The van der Waals surface area contributed by atoms with Crippen molar-refractivity contribution in [2.75, 3.05) is 43.1 Å². The quantitative estimate of drug-likeness (QED) is 0.729. The molecular weight excluding hydrogens is 366 g/mol. The molecule has 1 aromatic heterocycles. The fourth-order valence-corrected chi connectivity index (χ4v) is 3.36. The molecule has 146 valence electrons. The maximum atomic E-state index is 11.3. The van der Waals surface area contributed by atoms with E-state index < -0.39 is 10.0 Å². The van der Waals surface area contributed by atoms with Gasteiger partial charge in [-0.25, -0.2) is 18.5 Å². The number of primary sulfonamides is 1. The number of aryl methyl sites for hydroxylation is 1. The van der Waals surface area contributed by atoms with Gasteiger partial charge in [-0.15, -0.1) is 0 Å². The Morgan fingerprint density at radius 3 is 2.52 bits per heavy atom. The number of rotatable bonds is 7. The SMILES string of the molecule is CCc1cc(NCCc2ccc(S(N)(=O)=O)cc2)nc(N2CCOCC2)n1. The monoisotopic (exact) mass is 391 g/mol. The summed E-state index contributed by atoms with van der Waals surface area (Å²) in [7, 11) is -3.65. The van der Waals surface area contributed by atoms with Gasteiger partial charge in [0.15, 0.2) is 0 Å². The minimum atomic E-state index is -3.65. The molecule has 27 heavy (non-hydrogen) atoms. The Balaban J connectivity index is 1.63. The minimum Gasteiger partial charge on any atom is -0.378 e. The molecule has 1 aliphatic rings. The molecule has 3 N–H and O–H groups in total. The van der Waals surface area contributed by atoms with E-state index in [-0.39, 0.29) is 4.90 Å². The minimum absolute atomic E-state index is 0.123. The molecule has 0 bridgehead atoms. The highest BCUT2D eigenvalue weighted by molar-refractivity contribution is 7.89. The van der Waals surface area contributed by atoms with E-state index in [4.69, 9.17) is 9.88 Å². The molecule has 8 nitrogen and oxygen atoms in total. The first-order chi connectivity index (χ1) is 13.0. The molecule has 1 aromatic carbocycles. The Bertz CT molecular complexity index is 865. The van der Waals surface area contributed by atoms with Gasteiger partial charge in [-0.05, 0) is 30.5 Å². The van der Waals surface area contributed by atoms with Crippen LogP contribution in [0.2, 0.25) is 0 Å². The molecule has 1 fully saturated rings. The Morgan fingerprint density at radius 2 is 1.89 bits per heavy atom. The number of hydrogen-bond donors (Lipinski definition) is 2. The lowest BCUT2D eigenvalue weighted by atomic mass is 10.1. The van der Waals surface area contributed by atoms with Crippen molar-refractivity contribution in [2.45, 2.75) is 24.7 Å². The summed E-state index contributed by atoms with van der Waals surface area (Å²) in [5, 5.41) is 8.46. The number of nitrogens with zero attached hydrogens (tertiary/aromatic N) is 3. The van der Waals surface area contributed by atoms with Crippen LogP contribution in [0.3, 0.4) is 0 Å². The van der Waals surface area contributed by atoms with Crippen LogP contribution in [0.1, 0.15) is 18.2 Å². The average molecular weight is 391 g/mol. The van der Waals surface area contributed by atoms with Gasteiger partial charge < -0.3 is 15.0 Å². The number of aromatic nitrogens is 2. The predicted octanol–water partition coefficient (Wildman–Crippen LogP) is 1.18. The van der Waals surface area contributed by atoms with E-state index in [2.05, 4.69) is 27.1 Å². The summed E-state index contributed by atoms with van der Waals surface area (Å²) < 4.78 is 28.0. The first-order valence-electron chi connectivity index (χ1n) is 9.02. The van der Waals surface area contributed by atoms with Crippen molar-refractivity contribution in [3.05, 3.63) is 41.6 Å². The van der Waals surface area contributed by atoms with Gasteiger partial charge in [-0.1, -0.05) is 19.1 Å². The third-order valence-corrected chi connectivity index (χ3v) is 5.32. The second-order valence-electron chi connectivity index (χ2n) is 6.36. The number of benzene rings is 1. The van der Waals surface area contributed by atoms with E-state index in [1.54, 1.807) is 12.1 Å². The molecule has 0 spiro atoms. The highest BCUT2D eigenvalue weighted by Gasteiger charge is 2.15. The smallest absolute Gasteiger partial charge is 0.238 e. The zero-order valence-corrected chi connectivity index (χ0v) is 16.2. The lowest BCUT2D eigenvalue weighted by Gasteiger charge is -2.27. The van der Waals surface area contributed by atoms with Crippen molar-refractivity contribution in [1.82, 2.24) is 9.97 Å². The maximum Gasteiger partial charge on any atom is 0.238 e. The summed E-state index contributed by atoms with van der Waals surface area (Å²) in [6, 6.07) is 8.58. The molecule has 0 unspecified atom stereocenters. The topological polar surface area (TPSA) is 110 Å². The first-order valence-corrected chi connectivity index (χ1v) is 10.6. The van der Waals surface area contributed by atoms with Crippen LogP contribution in [0.25, 0.3) is 0 Å². The summed E-state index contributed by atoms with van der Waals surface area (Å²) in [5.74, 6) is 1.53. The Kier molecular flexibility index (Phi) is 6.25. The molecule has 3 rings (SSSR count). The van der Waals surface area contributed by atoms with Crippen LogP contribution in [0, 0.1) is 0 Å². The zero-order valence-electron chi connectivity index (χ0n) is 15.4. The number of hydrogen-bond acceptors (Lipinski definition) is 7. The summed E-state index contributed by atoms with van der Waals surface area (Å²) in [6.45, 7) is 5.72. The Morgan fingerprint density at radius 1 is 1.19 bits per heavy atom. The zero-order chi connectivity index (χ0) is 19.3. The fourth-order valence-electron chi connectivity index (χ4n) is 2.84. The van der Waals surface area contributed by atoms with Gasteiger partial charge >= 0.3 is 0 Å². The van der Waals surface area contributed by atoms with Crippen LogP contribution in [0.4, 0.5) is 11.8 Å². The number of ether oxygens (including phenoxy) is 1. The largest absolute Gasteiger partial charge is 0.378 e. The van der Waals surface area contributed by atoms with Gasteiger partial charge in [0, 0.05) is 31.4 Å². The number of nitrogens with two attached hydrogens (primary N) is 1. The third kappa shape index (κ3) is 5.38. The number of morpholine rings is 1. The molecule has 2 heterocycles. The lowest BCUT2D eigenvalue weighted by molar-refractivity contribution is 0.122. The van der Waals surface area contributed by atoms with Gasteiger partial charge in [-0.2, -0.15) is 4.98 Å². The van der Waals surface area contributed by atoms with Crippen LogP contribution in [0.5, 0.6) is 0 Å². The van der Waals surface area contributed by atoms with Gasteiger partial charge in [0.25, 0.3) is 0 Å². The predicted molar refractivity (Wildman–Crippen MR) is 104 cm³/mol. The summed E-state index contributed by atoms with van der Waals surface area (Å²) >= 11 is 0. The van der Waals surface area contributed by atoms with Gasteiger partial charge in [-0.3, -0.25) is 0 Å². The van der Waals surface area contributed by atoms with Gasteiger partial charge in [0.2, 0.25) is 16.0 Å². The fraction of sp³-hybridized carbons (Fsp3) is 0.444. The van der Waals surface area contributed by atoms with E-state index in [1.165, 1.54) is 12.1 Å². The molecule has 9 heteroatoms. The molecule has 0 radical (unpaired) electrons. The molecule has 0 saturated carbocycles. The molecule has 0 aliphatic carbocycles. The van der Waals surface area contributed by atoms with E-state index in [0.717, 1.165) is 49.0 Å². The van der Waals surface area contributed by atoms with Gasteiger partial charge in [0.1, 0.15) is 5.82 Å². The van der Waals surface area contributed by atoms with Crippen LogP contribution in [-0.2, 0) is 27.6 Å². The van der Waals surface area contributed by atoms with Crippen molar-refractivity contribution in [3.8, 4) is 0 Å². The lowest BCUT2D eigenvalue weighted by Crippen LogP contribution is -2.37. The molecular formula is C18H25N5O3S. The molecule has 0 amide bonds. The van der Waals surface area contributed by atoms with Crippen LogP contribution in [-0.4, -0.2) is 51.2 Å². The third-order valence-electron chi connectivity index (χ3n) is 4.40. The van der Waals surface area contributed by atoms with Crippen molar-refractivity contribution in [3.63, 3.8) is 0 Å². The van der Waals surface area contributed by atoms with E-state index in [1.807, 2.05) is 6.07 Å². The van der Waals surface area contributed by atoms with Crippen molar-refractivity contribution in [1.29, 1.82) is 0 Å². The van der Waals surface area contributed by atoms with Crippen LogP contribution in [0.15, 0.2) is 35.2 Å². The Hall–Kier alpha value is -2.23. The second-order valence-corrected chi connectivity index (χ2v) is 7.92. The molecule has 1 saturated heterocycles. The Labute approximate surface area is 159 Å². The highest BCUT2D eigenvalue weighted by atomic mass is 32.2. The number of sulfonamides is 1. The van der Waals surface area contributed by atoms with Crippen LogP contribution >= 0.6 is 0 Å². The van der Waals surface area contributed by atoms with E-state index >= 15 is 0 Å². The van der Waals surface area contributed by atoms with E-state index in [0.29, 0.717) is 19.8 Å². The maximum absolute atomic E-state index is 11.3. The second kappa shape index (κ2) is 8.64. The van der Waals surface area contributed by atoms with Crippen molar-refractivity contribution >= 4 is 21.8 Å².